The Labute approximate surface area is 88.9 Å². The zero-order valence-electron chi connectivity index (χ0n) is 7.87. The first-order valence-electron chi connectivity index (χ1n) is 4.26. The number of Topliss-reactive ketones (excluding diaryl/α,β-unsaturated/α-hetero) is 1. The third kappa shape index (κ3) is 1.82. The van der Waals surface area contributed by atoms with Crippen molar-refractivity contribution in [3.63, 3.8) is 0 Å². The van der Waals surface area contributed by atoms with E-state index in [2.05, 4.69) is 5.32 Å². The van der Waals surface area contributed by atoms with Gasteiger partial charge in [0, 0.05) is 24.2 Å². The molecule has 1 N–H and O–H groups in total. The van der Waals surface area contributed by atoms with Gasteiger partial charge in [0.05, 0.1) is 7.11 Å². The lowest BCUT2D eigenvalue weighted by atomic mass is 10.0. The molecule has 4 heteroatoms. The van der Waals surface area contributed by atoms with Crippen LogP contribution in [0.15, 0.2) is 18.2 Å². The zero-order valence-corrected chi connectivity index (χ0v) is 8.69. The summed E-state index contributed by atoms with van der Waals surface area (Å²) >= 11 is 0. The molecule has 0 amide bonds. The van der Waals surface area contributed by atoms with Gasteiger partial charge in [-0.05, 0) is 18.2 Å². The molecule has 1 aromatic rings. The quantitative estimate of drug-likeness (QED) is 0.777. The van der Waals surface area contributed by atoms with E-state index in [1.807, 2.05) is 12.1 Å². The maximum absolute atomic E-state index is 11.5. The second kappa shape index (κ2) is 4.33. The molecule has 0 aromatic heterocycles. The highest BCUT2D eigenvalue weighted by atomic mass is 35.5. The van der Waals surface area contributed by atoms with Crippen molar-refractivity contribution in [2.24, 2.45) is 0 Å². The first-order chi connectivity index (χ1) is 6.31. The van der Waals surface area contributed by atoms with E-state index in [0.29, 0.717) is 6.42 Å². The number of benzene rings is 1. The highest BCUT2D eigenvalue weighted by Crippen LogP contribution is 2.25. The minimum atomic E-state index is 0. The van der Waals surface area contributed by atoms with Crippen molar-refractivity contribution >= 4 is 23.9 Å². The fraction of sp³-hybridized carbons (Fsp3) is 0.300. The van der Waals surface area contributed by atoms with Crippen molar-refractivity contribution in [1.82, 2.24) is 0 Å². The van der Waals surface area contributed by atoms with Gasteiger partial charge in [0.15, 0.2) is 5.78 Å². The normalized spacial score (nSPS) is 13.6. The van der Waals surface area contributed by atoms with E-state index in [-0.39, 0.29) is 18.2 Å². The third-order valence-electron chi connectivity index (χ3n) is 2.19. The summed E-state index contributed by atoms with van der Waals surface area (Å²) in [6, 6.07) is 5.51. The molecule has 2 rings (SSSR count). The number of carbonyl (C=O) groups excluding carboxylic acids is 1. The molecular weight excluding hydrogens is 202 g/mol. The van der Waals surface area contributed by atoms with Crippen LogP contribution in [0, 0.1) is 0 Å². The zero-order chi connectivity index (χ0) is 9.26. The Morgan fingerprint density at radius 3 is 2.93 bits per heavy atom. The van der Waals surface area contributed by atoms with Crippen molar-refractivity contribution in [1.29, 1.82) is 0 Å². The molecule has 0 saturated carbocycles. The second-order valence-corrected chi connectivity index (χ2v) is 3.01. The molecule has 0 aliphatic carbocycles. The van der Waals surface area contributed by atoms with Crippen molar-refractivity contribution in [2.75, 3.05) is 19.0 Å². The maximum atomic E-state index is 11.5. The first kappa shape index (κ1) is 10.9. The average molecular weight is 214 g/mol. The van der Waals surface area contributed by atoms with Gasteiger partial charge in [-0.1, -0.05) is 0 Å². The lowest BCUT2D eigenvalue weighted by molar-refractivity contribution is 0.0983. The topological polar surface area (TPSA) is 38.3 Å². The van der Waals surface area contributed by atoms with Gasteiger partial charge in [0.1, 0.15) is 5.75 Å². The summed E-state index contributed by atoms with van der Waals surface area (Å²) in [5, 5.41) is 3.17. The highest BCUT2D eigenvalue weighted by molar-refractivity contribution is 6.03. The number of hydrogen-bond donors (Lipinski definition) is 1. The number of nitrogens with one attached hydrogen (secondary N) is 1. The van der Waals surface area contributed by atoms with Crippen molar-refractivity contribution in [3.8, 4) is 5.75 Å². The van der Waals surface area contributed by atoms with Crippen LogP contribution in [-0.2, 0) is 0 Å². The van der Waals surface area contributed by atoms with E-state index < -0.39 is 0 Å². The number of methoxy groups -OCH3 is 1. The molecule has 14 heavy (non-hydrogen) atoms. The summed E-state index contributed by atoms with van der Waals surface area (Å²) in [4.78, 5) is 11.5. The average Bonchev–Trinajstić information content (AvgIpc) is 2.18. The Morgan fingerprint density at radius 2 is 2.21 bits per heavy atom. The number of fused-ring (bicyclic) bond motifs is 1. The van der Waals surface area contributed by atoms with Crippen LogP contribution >= 0.6 is 12.4 Å². The SMILES string of the molecule is COc1ccc2c(c1)C(=O)CCN2.Cl. The second-order valence-electron chi connectivity index (χ2n) is 3.01. The van der Waals surface area contributed by atoms with Gasteiger partial charge < -0.3 is 10.1 Å². The van der Waals surface area contributed by atoms with Crippen molar-refractivity contribution in [2.45, 2.75) is 6.42 Å². The van der Waals surface area contributed by atoms with Crippen molar-refractivity contribution in [3.05, 3.63) is 23.8 Å². The summed E-state index contributed by atoms with van der Waals surface area (Å²) < 4.78 is 5.05. The van der Waals surface area contributed by atoms with Gasteiger partial charge in [0.25, 0.3) is 0 Å². The minimum Gasteiger partial charge on any atom is -0.497 e. The molecule has 0 bridgehead atoms. The molecule has 1 aliphatic rings. The number of rotatable bonds is 1. The van der Waals surface area contributed by atoms with Crippen LogP contribution in [0.1, 0.15) is 16.8 Å². The van der Waals surface area contributed by atoms with E-state index in [1.54, 1.807) is 13.2 Å². The molecule has 0 spiro atoms. The maximum Gasteiger partial charge on any atom is 0.166 e. The van der Waals surface area contributed by atoms with Gasteiger partial charge in [-0.15, -0.1) is 12.4 Å². The van der Waals surface area contributed by atoms with Crippen LogP contribution in [0.2, 0.25) is 0 Å². The summed E-state index contributed by atoms with van der Waals surface area (Å²) in [7, 11) is 1.60. The van der Waals surface area contributed by atoms with Crippen LogP contribution in [0.5, 0.6) is 5.75 Å². The van der Waals surface area contributed by atoms with Crippen LogP contribution < -0.4 is 10.1 Å². The summed E-state index contributed by atoms with van der Waals surface area (Å²) in [5.41, 5.74) is 1.66. The van der Waals surface area contributed by atoms with Gasteiger partial charge >= 0.3 is 0 Å². The van der Waals surface area contributed by atoms with Crippen LogP contribution in [0.4, 0.5) is 5.69 Å². The predicted octanol–water partition coefficient (Wildman–Crippen LogP) is 2.12. The molecule has 1 aromatic carbocycles. The summed E-state index contributed by atoms with van der Waals surface area (Å²) in [6.45, 7) is 0.734. The molecule has 0 atom stereocenters. The van der Waals surface area contributed by atoms with Crippen LogP contribution in [0.3, 0.4) is 0 Å². The monoisotopic (exact) mass is 213 g/mol. The van der Waals surface area contributed by atoms with E-state index in [0.717, 1.165) is 23.5 Å². The smallest absolute Gasteiger partial charge is 0.166 e. The minimum absolute atomic E-state index is 0. The van der Waals surface area contributed by atoms with Gasteiger partial charge in [-0.25, -0.2) is 0 Å². The van der Waals surface area contributed by atoms with E-state index in [4.69, 9.17) is 4.74 Å². The van der Waals surface area contributed by atoms with Gasteiger partial charge in [-0.2, -0.15) is 0 Å². The molecule has 0 saturated heterocycles. The fourth-order valence-corrected chi connectivity index (χ4v) is 1.48. The first-order valence-corrected chi connectivity index (χ1v) is 4.26. The molecule has 76 valence electrons. The number of carbonyl (C=O) groups is 1. The molecule has 0 radical (unpaired) electrons. The standard InChI is InChI=1S/C10H11NO2.ClH/c1-13-7-2-3-9-8(6-7)10(12)4-5-11-9;/h2-3,6,11H,4-5H2,1H3;1H. The lowest BCUT2D eigenvalue weighted by Gasteiger charge is -2.17. The number of halogens is 1. The van der Waals surface area contributed by atoms with E-state index in [9.17, 15) is 4.79 Å². The Morgan fingerprint density at radius 1 is 1.43 bits per heavy atom. The number of ether oxygens (including phenoxy) is 1. The largest absolute Gasteiger partial charge is 0.497 e. The molecule has 3 nitrogen and oxygen atoms in total. The molecule has 0 fully saturated rings. The molecular formula is C10H12ClNO2. The van der Waals surface area contributed by atoms with E-state index >= 15 is 0 Å². The lowest BCUT2D eigenvalue weighted by Crippen LogP contribution is -2.17. The fourth-order valence-electron chi connectivity index (χ4n) is 1.48. The predicted molar refractivity (Wildman–Crippen MR) is 57.7 cm³/mol. The number of anilines is 1. The van der Waals surface area contributed by atoms with E-state index in [1.165, 1.54) is 0 Å². The third-order valence-corrected chi connectivity index (χ3v) is 2.19. The number of hydrogen-bond acceptors (Lipinski definition) is 3. The Kier molecular flexibility index (Phi) is 3.36. The highest BCUT2D eigenvalue weighted by Gasteiger charge is 2.16. The van der Waals surface area contributed by atoms with Gasteiger partial charge in [-0.3, -0.25) is 4.79 Å². The Bertz CT molecular complexity index is 352. The summed E-state index contributed by atoms with van der Waals surface area (Å²) in [5.74, 6) is 0.920. The molecule has 0 unspecified atom stereocenters. The van der Waals surface area contributed by atoms with Gasteiger partial charge in [0.2, 0.25) is 0 Å². The van der Waals surface area contributed by atoms with Crippen LogP contribution in [-0.4, -0.2) is 19.4 Å². The molecule has 1 heterocycles. The van der Waals surface area contributed by atoms with Crippen molar-refractivity contribution < 1.29 is 9.53 Å². The van der Waals surface area contributed by atoms with Crippen LogP contribution in [0.25, 0.3) is 0 Å². The molecule has 1 aliphatic heterocycles. The number of ketones is 1. The summed E-state index contributed by atoms with van der Waals surface area (Å²) in [6.07, 6.45) is 0.570. The Balaban J connectivity index is 0.000000980. The Hall–Kier alpha value is -1.22.